The molecule has 2 fully saturated rings. The average molecular weight is 443 g/mol. The van der Waals surface area contributed by atoms with E-state index in [2.05, 4.69) is 0 Å². The molecular formula is C21H31ClN2O4S. The lowest BCUT2D eigenvalue weighted by Gasteiger charge is -2.48. The quantitative estimate of drug-likeness (QED) is 0.726. The second kappa shape index (κ2) is 8.44. The Kier molecular flexibility index (Phi) is 6.51. The van der Waals surface area contributed by atoms with Crippen molar-refractivity contribution in [2.24, 2.45) is 5.41 Å². The number of amides is 2. The van der Waals surface area contributed by atoms with Crippen LogP contribution in [0.2, 0.25) is 4.34 Å². The molecule has 8 heteroatoms. The van der Waals surface area contributed by atoms with Crippen molar-refractivity contribution in [2.45, 2.75) is 70.4 Å². The van der Waals surface area contributed by atoms with Crippen LogP contribution in [0.4, 0.5) is 4.79 Å². The molecule has 2 amide bonds. The maximum Gasteiger partial charge on any atom is 0.407 e. The summed E-state index contributed by atoms with van der Waals surface area (Å²) in [6.07, 6.45) is 3.10. The number of piperazine rings is 1. The molecular weight excluding hydrogens is 412 g/mol. The molecule has 162 valence electrons. The van der Waals surface area contributed by atoms with Crippen molar-refractivity contribution in [1.82, 2.24) is 9.80 Å². The summed E-state index contributed by atoms with van der Waals surface area (Å²) in [4.78, 5) is 29.4. The van der Waals surface area contributed by atoms with Crippen LogP contribution >= 0.6 is 22.9 Å². The van der Waals surface area contributed by atoms with Crippen LogP contribution in [0.15, 0.2) is 12.1 Å². The van der Waals surface area contributed by atoms with Crippen LogP contribution < -0.4 is 0 Å². The van der Waals surface area contributed by atoms with Gasteiger partial charge in [0.25, 0.3) is 0 Å². The highest BCUT2D eigenvalue weighted by molar-refractivity contribution is 7.16. The van der Waals surface area contributed by atoms with Crippen molar-refractivity contribution in [3.8, 4) is 0 Å². The molecule has 1 aromatic rings. The van der Waals surface area contributed by atoms with Gasteiger partial charge in [0.2, 0.25) is 5.91 Å². The first-order valence-corrected chi connectivity index (χ1v) is 11.5. The summed E-state index contributed by atoms with van der Waals surface area (Å²) in [5, 5.41) is 21.1. The van der Waals surface area contributed by atoms with Gasteiger partial charge in [-0.2, -0.15) is 0 Å². The minimum absolute atomic E-state index is 0.118. The van der Waals surface area contributed by atoms with Crippen LogP contribution in [0.1, 0.15) is 63.7 Å². The Morgan fingerprint density at radius 3 is 2.38 bits per heavy atom. The second-order valence-electron chi connectivity index (χ2n) is 9.38. The molecule has 0 radical (unpaired) electrons. The first-order valence-electron chi connectivity index (χ1n) is 10.3. The van der Waals surface area contributed by atoms with Gasteiger partial charge in [0, 0.05) is 24.5 Å². The van der Waals surface area contributed by atoms with Gasteiger partial charge in [-0.15, -0.1) is 11.3 Å². The number of nitrogens with zero attached hydrogens (tertiary/aromatic N) is 2. The van der Waals surface area contributed by atoms with Gasteiger partial charge >= 0.3 is 6.09 Å². The fraction of sp³-hybridized carbons (Fsp3) is 0.714. The van der Waals surface area contributed by atoms with Gasteiger partial charge in [-0.3, -0.25) is 4.79 Å². The first kappa shape index (κ1) is 22.4. The lowest BCUT2D eigenvalue weighted by atomic mass is 9.74. The highest BCUT2D eigenvalue weighted by Crippen LogP contribution is 2.44. The predicted octanol–water partition coefficient (Wildman–Crippen LogP) is 4.42. The second-order valence-corrected chi connectivity index (χ2v) is 11.1. The number of carboxylic acid groups (broad SMARTS) is 1. The molecule has 0 bridgehead atoms. The number of hydrogen-bond donors (Lipinski definition) is 2. The van der Waals surface area contributed by atoms with Gasteiger partial charge in [-0.05, 0) is 30.4 Å². The van der Waals surface area contributed by atoms with E-state index >= 15 is 0 Å². The van der Waals surface area contributed by atoms with E-state index in [1.807, 2.05) is 26.8 Å². The summed E-state index contributed by atoms with van der Waals surface area (Å²) >= 11 is 7.50. The Balaban J connectivity index is 1.90. The molecule has 2 N–H and O–H groups in total. The summed E-state index contributed by atoms with van der Waals surface area (Å²) < 4.78 is 0.598. The van der Waals surface area contributed by atoms with Crippen LogP contribution in [0, 0.1) is 5.41 Å². The van der Waals surface area contributed by atoms with Crippen molar-refractivity contribution in [1.29, 1.82) is 0 Å². The molecule has 1 aliphatic carbocycles. The Morgan fingerprint density at radius 2 is 1.86 bits per heavy atom. The lowest BCUT2D eigenvalue weighted by molar-refractivity contribution is -0.145. The molecule has 2 unspecified atom stereocenters. The van der Waals surface area contributed by atoms with Crippen molar-refractivity contribution in [3.63, 3.8) is 0 Å². The molecule has 1 saturated carbocycles. The molecule has 1 aromatic heterocycles. The predicted molar refractivity (Wildman–Crippen MR) is 115 cm³/mol. The number of hydrogen-bond acceptors (Lipinski definition) is 4. The Hall–Kier alpha value is -1.31. The molecule has 2 atom stereocenters. The number of rotatable bonds is 3. The third-order valence-corrected chi connectivity index (χ3v) is 7.62. The van der Waals surface area contributed by atoms with Crippen LogP contribution in [-0.2, 0) is 4.79 Å². The third-order valence-electron chi connectivity index (χ3n) is 6.32. The largest absolute Gasteiger partial charge is 0.465 e. The smallest absolute Gasteiger partial charge is 0.407 e. The zero-order valence-corrected chi connectivity index (χ0v) is 18.9. The standard InChI is InChI=1S/C21H31ClN2O4S/c1-20(2,3)15-13-23(11-12-24(15)19(26)27)18(25)17(14-7-8-16(22)29-14)21(28)9-5-4-6-10-21/h7-8,15,17,28H,4-6,9-13H2,1-3H3,(H,26,27). The SMILES string of the molecule is CC(C)(C)C1CN(C(=O)C(c2ccc(Cl)s2)C2(O)CCCCC2)CCN1C(=O)O. The normalized spacial score (nSPS) is 23.7. The Labute approximate surface area is 181 Å². The van der Waals surface area contributed by atoms with Gasteiger partial charge < -0.3 is 20.0 Å². The van der Waals surface area contributed by atoms with Crippen molar-refractivity contribution < 1.29 is 19.8 Å². The fourth-order valence-electron chi connectivity index (χ4n) is 4.69. The molecule has 6 nitrogen and oxygen atoms in total. The van der Waals surface area contributed by atoms with Gasteiger partial charge in [0.05, 0.1) is 16.0 Å². The average Bonchev–Trinajstić information content (AvgIpc) is 3.06. The van der Waals surface area contributed by atoms with E-state index in [0.29, 0.717) is 30.3 Å². The van der Waals surface area contributed by atoms with Gasteiger partial charge in [-0.1, -0.05) is 51.6 Å². The number of carbonyl (C=O) groups excluding carboxylic acids is 1. The molecule has 1 aliphatic heterocycles. The van der Waals surface area contributed by atoms with E-state index < -0.39 is 17.6 Å². The molecule has 1 saturated heterocycles. The maximum absolute atomic E-state index is 13.7. The van der Waals surface area contributed by atoms with E-state index in [1.165, 1.54) is 16.2 Å². The minimum Gasteiger partial charge on any atom is -0.465 e. The number of halogens is 1. The Morgan fingerprint density at radius 1 is 1.21 bits per heavy atom. The Bertz CT molecular complexity index is 754. The minimum atomic E-state index is -1.08. The highest BCUT2D eigenvalue weighted by Gasteiger charge is 2.47. The zero-order chi connectivity index (χ0) is 21.4. The van der Waals surface area contributed by atoms with Gasteiger partial charge in [0.1, 0.15) is 5.92 Å². The van der Waals surface area contributed by atoms with Crippen LogP contribution in [0.3, 0.4) is 0 Å². The summed E-state index contributed by atoms with van der Waals surface area (Å²) in [5.74, 6) is -0.774. The molecule has 29 heavy (non-hydrogen) atoms. The van der Waals surface area contributed by atoms with Crippen LogP contribution in [0.5, 0.6) is 0 Å². The van der Waals surface area contributed by atoms with E-state index in [9.17, 15) is 19.8 Å². The molecule has 2 aliphatic rings. The van der Waals surface area contributed by atoms with E-state index in [4.69, 9.17) is 11.6 Å². The zero-order valence-electron chi connectivity index (χ0n) is 17.4. The number of aliphatic hydroxyl groups is 1. The molecule has 2 heterocycles. The topological polar surface area (TPSA) is 81.1 Å². The van der Waals surface area contributed by atoms with E-state index in [-0.39, 0.29) is 23.9 Å². The van der Waals surface area contributed by atoms with Crippen molar-refractivity contribution in [3.05, 3.63) is 21.3 Å². The van der Waals surface area contributed by atoms with Crippen LogP contribution in [-0.4, -0.2) is 63.3 Å². The van der Waals surface area contributed by atoms with Crippen LogP contribution in [0.25, 0.3) is 0 Å². The molecule has 0 aromatic carbocycles. The molecule has 0 spiro atoms. The lowest BCUT2D eigenvalue weighted by Crippen LogP contribution is -2.62. The number of thiophene rings is 1. The fourth-order valence-corrected chi connectivity index (χ4v) is 5.95. The van der Waals surface area contributed by atoms with Crippen molar-refractivity contribution >= 4 is 34.9 Å². The summed E-state index contributed by atoms with van der Waals surface area (Å²) in [7, 11) is 0. The maximum atomic E-state index is 13.7. The van der Waals surface area contributed by atoms with Crippen molar-refractivity contribution in [2.75, 3.05) is 19.6 Å². The number of carbonyl (C=O) groups is 2. The van der Waals surface area contributed by atoms with Gasteiger partial charge in [0.15, 0.2) is 0 Å². The summed E-state index contributed by atoms with van der Waals surface area (Å²) in [5.41, 5.74) is -1.38. The summed E-state index contributed by atoms with van der Waals surface area (Å²) in [6.45, 7) is 6.93. The van der Waals surface area contributed by atoms with E-state index in [0.717, 1.165) is 24.1 Å². The highest BCUT2D eigenvalue weighted by atomic mass is 35.5. The first-order chi connectivity index (χ1) is 13.5. The monoisotopic (exact) mass is 442 g/mol. The van der Waals surface area contributed by atoms with Gasteiger partial charge in [-0.25, -0.2) is 4.79 Å². The summed E-state index contributed by atoms with van der Waals surface area (Å²) in [6, 6.07) is 3.32. The molecule has 3 rings (SSSR count). The van der Waals surface area contributed by atoms with E-state index in [1.54, 1.807) is 11.0 Å². The third kappa shape index (κ3) is 4.72.